The monoisotopic (exact) mass is 399 g/mol. The van der Waals surface area contributed by atoms with E-state index >= 15 is 0 Å². The summed E-state index contributed by atoms with van der Waals surface area (Å²) in [6.45, 7) is 0.485. The lowest BCUT2D eigenvalue weighted by Crippen LogP contribution is -2.25. The summed E-state index contributed by atoms with van der Waals surface area (Å²) in [6, 6.07) is 22.9. The third-order valence-electron chi connectivity index (χ3n) is 4.54. The van der Waals surface area contributed by atoms with Crippen LogP contribution in [0.2, 0.25) is 0 Å². The molecule has 2 amide bonds. The van der Waals surface area contributed by atoms with E-state index in [2.05, 4.69) is 10.6 Å². The van der Waals surface area contributed by atoms with Crippen LogP contribution in [0, 0.1) is 11.3 Å². The Balaban J connectivity index is 1.56. The minimum absolute atomic E-state index is 0.209. The maximum atomic E-state index is 12.4. The number of amides is 2. The first kappa shape index (κ1) is 20.6. The fourth-order valence-electron chi connectivity index (χ4n) is 2.91. The molecule has 0 bridgehead atoms. The summed E-state index contributed by atoms with van der Waals surface area (Å²) in [6.07, 6.45) is 0.682. The molecular formula is C24H21N3O3. The number of nitrogens with zero attached hydrogens (tertiary/aromatic N) is 1. The zero-order valence-corrected chi connectivity index (χ0v) is 16.5. The molecule has 0 fully saturated rings. The van der Waals surface area contributed by atoms with Crippen LogP contribution in [0.15, 0.2) is 72.8 Å². The molecule has 6 heteroatoms. The number of hydrogen-bond donors (Lipinski definition) is 2. The van der Waals surface area contributed by atoms with Crippen molar-refractivity contribution in [2.75, 3.05) is 19.0 Å². The predicted octanol–water partition coefficient (Wildman–Crippen LogP) is 3.79. The Hall–Kier alpha value is -4.11. The molecule has 0 radical (unpaired) electrons. The lowest BCUT2D eigenvalue weighted by molar-refractivity contribution is 0.0952. The molecule has 0 atom stereocenters. The number of benzene rings is 3. The van der Waals surface area contributed by atoms with Gasteiger partial charge in [0.2, 0.25) is 0 Å². The predicted molar refractivity (Wildman–Crippen MR) is 115 cm³/mol. The van der Waals surface area contributed by atoms with Crippen molar-refractivity contribution >= 4 is 17.5 Å². The van der Waals surface area contributed by atoms with E-state index in [0.29, 0.717) is 35.3 Å². The van der Waals surface area contributed by atoms with Gasteiger partial charge in [0, 0.05) is 17.7 Å². The minimum atomic E-state index is -0.345. The number of carbonyl (C=O) groups excluding carboxylic acids is 2. The normalized spacial score (nSPS) is 10.0. The maximum absolute atomic E-state index is 12.4. The molecule has 150 valence electrons. The molecular weight excluding hydrogens is 378 g/mol. The number of nitrogens with one attached hydrogen (secondary N) is 2. The molecule has 3 rings (SSSR count). The second kappa shape index (κ2) is 9.89. The second-order valence-electron chi connectivity index (χ2n) is 6.55. The van der Waals surface area contributed by atoms with Gasteiger partial charge in [-0.1, -0.05) is 24.3 Å². The topological polar surface area (TPSA) is 91.2 Å². The van der Waals surface area contributed by atoms with Crippen LogP contribution in [-0.4, -0.2) is 25.5 Å². The van der Waals surface area contributed by atoms with Gasteiger partial charge >= 0.3 is 0 Å². The highest BCUT2D eigenvalue weighted by Gasteiger charge is 2.11. The van der Waals surface area contributed by atoms with Gasteiger partial charge in [0.25, 0.3) is 11.8 Å². The van der Waals surface area contributed by atoms with Crippen molar-refractivity contribution in [3.8, 4) is 11.8 Å². The molecule has 0 aromatic heterocycles. The van der Waals surface area contributed by atoms with Crippen LogP contribution >= 0.6 is 0 Å². The smallest absolute Gasteiger partial charge is 0.255 e. The van der Waals surface area contributed by atoms with Crippen LogP contribution in [0.4, 0.5) is 5.69 Å². The number of anilines is 1. The van der Waals surface area contributed by atoms with E-state index < -0.39 is 0 Å². The average Bonchev–Trinajstić information content (AvgIpc) is 2.79. The van der Waals surface area contributed by atoms with Gasteiger partial charge in [-0.05, 0) is 60.5 Å². The molecule has 0 unspecified atom stereocenters. The summed E-state index contributed by atoms with van der Waals surface area (Å²) in [4.78, 5) is 24.8. The van der Waals surface area contributed by atoms with Crippen molar-refractivity contribution in [2.24, 2.45) is 0 Å². The third-order valence-corrected chi connectivity index (χ3v) is 4.54. The number of carbonyl (C=O) groups is 2. The molecule has 0 saturated heterocycles. The van der Waals surface area contributed by atoms with Gasteiger partial charge in [-0.15, -0.1) is 0 Å². The Kier molecular flexibility index (Phi) is 6.80. The number of methoxy groups -OCH3 is 1. The SMILES string of the molecule is COc1cccc(CCNC(=O)c2ccc(C(=O)Nc3ccccc3C#N)cc2)c1. The third kappa shape index (κ3) is 5.24. The van der Waals surface area contributed by atoms with Gasteiger partial charge in [-0.3, -0.25) is 9.59 Å². The Bertz CT molecular complexity index is 1090. The first-order chi connectivity index (χ1) is 14.6. The Morgan fingerprint density at radius 3 is 2.33 bits per heavy atom. The molecule has 0 heterocycles. The molecule has 6 nitrogen and oxygen atoms in total. The van der Waals surface area contributed by atoms with E-state index in [1.807, 2.05) is 30.3 Å². The van der Waals surface area contributed by atoms with E-state index in [-0.39, 0.29) is 11.8 Å². The molecule has 0 aliphatic heterocycles. The molecule has 0 aliphatic carbocycles. The summed E-state index contributed by atoms with van der Waals surface area (Å²) < 4.78 is 5.20. The first-order valence-electron chi connectivity index (χ1n) is 9.42. The van der Waals surface area contributed by atoms with Gasteiger partial charge in [-0.2, -0.15) is 5.26 Å². The number of hydrogen-bond acceptors (Lipinski definition) is 4. The fraction of sp³-hybridized carbons (Fsp3) is 0.125. The van der Waals surface area contributed by atoms with Crippen molar-refractivity contribution < 1.29 is 14.3 Å². The van der Waals surface area contributed by atoms with Crippen LogP contribution in [-0.2, 0) is 6.42 Å². The molecule has 3 aromatic carbocycles. The molecule has 30 heavy (non-hydrogen) atoms. The van der Waals surface area contributed by atoms with Crippen molar-refractivity contribution in [2.45, 2.75) is 6.42 Å². The largest absolute Gasteiger partial charge is 0.497 e. The van der Waals surface area contributed by atoms with Crippen LogP contribution in [0.1, 0.15) is 31.8 Å². The van der Waals surface area contributed by atoms with Gasteiger partial charge in [-0.25, -0.2) is 0 Å². The Morgan fingerprint density at radius 2 is 1.63 bits per heavy atom. The van der Waals surface area contributed by atoms with Gasteiger partial charge in [0.05, 0.1) is 18.4 Å². The number of nitriles is 1. The van der Waals surface area contributed by atoms with E-state index in [9.17, 15) is 9.59 Å². The van der Waals surface area contributed by atoms with Crippen molar-refractivity contribution in [3.05, 3.63) is 95.1 Å². The van der Waals surface area contributed by atoms with Crippen molar-refractivity contribution in [1.29, 1.82) is 5.26 Å². The molecule has 3 aromatic rings. The highest BCUT2D eigenvalue weighted by Crippen LogP contribution is 2.16. The number of ether oxygens (including phenoxy) is 1. The lowest BCUT2D eigenvalue weighted by Gasteiger charge is -2.09. The number of para-hydroxylation sites is 1. The second-order valence-corrected chi connectivity index (χ2v) is 6.55. The summed E-state index contributed by atoms with van der Waals surface area (Å²) in [5, 5.41) is 14.7. The standard InChI is InChI=1S/C24H21N3O3/c1-30-21-7-4-5-17(15-21)13-14-26-23(28)18-9-11-19(12-10-18)24(29)27-22-8-3-2-6-20(22)16-25/h2-12,15H,13-14H2,1H3,(H,26,28)(H,27,29). The highest BCUT2D eigenvalue weighted by atomic mass is 16.5. The summed E-state index contributed by atoms with van der Waals surface area (Å²) >= 11 is 0. The van der Waals surface area contributed by atoms with E-state index in [4.69, 9.17) is 10.00 Å². The minimum Gasteiger partial charge on any atom is -0.497 e. The molecule has 0 spiro atoms. The first-order valence-corrected chi connectivity index (χ1v) is 9.42. The van der Waals surface area contributed by atoms with Gasteiger partial charge in [0.1, 0.15) is 11.8 Å². The van der Waals surface area contributed by atoms with Gasteiger partial charge < -0.3 is 15.4 Å². The Labute approximate surface area is 175 Å². The molecule has 0 saturated carbocycles. The van der Waals surface area contributed by atoms with Crippen molar-refractivity contribution in [1.82, 2.24) is 5.32 Å². The molecule has 2 N–H and O–H groups in total. The number of rotatable bonds is 7. The van der Waals surface area contributed by atoms with E-state index in [1.165, 1.54) is 0 Å². The summed E-state index contributed by atoms with van der Waals surface area (Å²) in [5.74, 6) is 0.229. The van der Waals surface area contributed by atoms with Crippen LogP contribution in [0.3, 0.4) is 0 Å². The zero-order chi connectivity index (χ0) is 21.3. The average molecular weight is 399 g/mol. The summed E-state index contributed by atoms with van der Waals surface area (Å²) in [7, 11) is 1.62. The van der Waals surface area contributed by atoms with Gasteiger partial charge in [0.15, 0.2) is 0 Å². The van der Waals surface area contributed by atoms with Crippen molar-refractivity contribution in [3.63, 3.8) is 0 Å². The van der Waals surface area contributed by atoms with E-state index in [1.54, 1.807) is 55.6 Å². The molecule has 0 aliphatic rings. The summed E-state index contributed by atoms with van der Waals surface area (Å²) in [5.41, 5.74) is 2.77. The van der Waals surface area contributed by atoms with E-state index in [0.717, 1.165) is 11.3 Å². The van der Waals surface area contributed by atoms with Crippen LogP contribution in [0.5, 0.6) is 5.75 Å². The Morgan fingerprint density at radius 1 is 0.933 bits per heavy atom. The van der Waals surface area contributed by atoms with Crippen LogP contribution < -0.4 is 15.4 Å². The fourth-order valence-corrected chi connectivity index (χ4v) is 2.91. The highest BCUT2D eigenvalue weighted by molar-refractivity contribution is 6.05. The quantitative estimate of drug-likeness (QED) is 0.632. The zero-order valence-electron chi connectivity index (χ0n) is 16.5. The maximum Gasteiger partial charge on any atom is 0.255 e. The lowest BCUT2D eigenvalue weighted by atomic mass is 10.1. The van der Waals surface area contributed by atoms with Crippen LogP contribution in [0.25, 0.3) is 0 Å².